The normalized spacial score (nSPS) is 11.5. The zero-order valence-electron chi connectivity index (χ0n) is 11.8. The number of oxime groups is 1. The van der Waals surface area contributed by atoms with Gasteiger partial charge in [-0.25, -0.2) is 0 Å². The summed E-state index contributed by atoms with van der Waals surface area (Å²) in [6, 6.07) is 12.4. The monoisotopic (exact) mass is 321 g/mol. The van der Waals surface area contributed by atoms with Crippen LogP contribution in [0, 0.1) is 0 Å². The molecule has 6 nitrogen and oxygen atoms in total. The van der Waals surface area contributed by atoms with Gasteiger partial charge in [-0.1, -0.05) is 23.4 Å². The second-order valence-electron chi connectivity index (χ2n) is 4.23. The lowest BCUT2D eigenvalue weighted by atomic mass is 10.2. The van der Waals surface area contributed by atoms with Crippen LogP contribution in [0.1, 0.15) is 12.5 Å². The maximum Gasteiger partial charge on any atom is 0.339 e. The fourth-order valence-electron chi connectivity index (χ4n) is 1.76. The average Bonchev–Trinajstić information content (AvgIpc) is 2.51. The Kier molecular flexibility index (Phi) is 5.00. The first kappa shape index (κ1) is 15.8. The molecule has 0 unspecified atom stereocenters. The molecule has 1 N–H and O–H groups in total. The molecule has 0 atom stereocenters. The second kappa shape index (κ2) is 6.95. The van der Waals surface area contributed by atoms with Gasteiger partial charge < -0.3 is 14.1 Å². The summed E-state index contributed by atoms with van der Waals surface area (Å²) in [5, 5.41) is 11.5. The molecule has 2 aromatic rings. The number of hydrogen-bond acceptors (Lipinski definition) is 6. The molecule has 0 aliphatic carbocycles. The first-order chi connectivity index (χ1) is 10.6. The molecule has 0 aliphatic heterocycles. The number of benzene rings is 2. The zero-order valence-corrected chi connectivity index (χ0v) is 12.7. The number of hydrogen-bond donors (Lipinski definition) is 1. The summed E-state index contributed by atoms with van der Waals surface area (Å²) in [7, 11) is -3.94. The Hall–Kier alpha value is -2.54. The minimum Gasteiger partial charge on any atom is -0.490 e. The maximum atomic E-state index is 12.2. The Morgan fingerprint density at radius 2 is 1.86 bits per heavy atom. The number of rotatable bonds is 6. The zero-order chi connectivity index (χ0) is 16.0. The first-order valence-corrected chi connectivity index (χ1v) is 7.91. The van der Waals surface area contributed by atoms with Crippen molar-refractivity contribution < 1.29 is 22.5 Å². The van der Waals surface area contributed by atoms with Crippen LogP contribution in [0.15, 0.2) is 58.6 Å². The van der Waals surface area contributed by atoms with Crippen LogP contribution in [0.5, 0.6) is 11.5 Å². The highest BCUT2D eigenvalue weighted by atomic mass is 32.2. The van der Waals surface area contributed by atoms with Crippen molar-refractivity contribution in [2.24, 2.45) is 5.16 Å². The summed E-state index contributed by atoms with van der Waals surface area (Å²) in [5.41, 5.74) is 0.551. The summed E-state index contributed by atoms with van der Waals surface area (Å²) in [6.07, 6.45) is 1.21. The van der Waals surface area contributed by atoms with E-state index in [-0.39, 0.29) is 16.4 Å². The average molecular weight is 321 g/mol. The quantitative estimate of drug-likeness (QED) is 0.383. The highest BCUT2D eigenvalue weighted by Crippen LogP contribution is 2.30. The van der Waals surface area contributed by atoms with Crippen molar-refractivity contribution in [1.82, 2.24) is 0 Å². The standard InChI is InChI=1S/C15H15NO5S/c1-2-20-15-10-12(11-16-17)8-9-14(15)21-22(18,19)13-6-4-3-5-7-13/h3-11,17H,2H2,1H3/b16-11-. The van der Waals surface area contributed by atoms with Crippen LogP contribution in [-0.2, 0) is 10.1 Å². The van der Waals surface area contributed by atoms with Gasteiger partial charge in [-0.3, -0.25) is 0 Å². The van der Waals surface area contributed by atoms with Crippen LogP contribution in [0.3, 0.4) is 0 Å². The Balaban J connectivity index is 2.36. The van der Waals surface area contributed by atoms with Crippen LogP contribution in [-0.4, -0.2) is 26.4 Å². The third-order valence-corrected chi connectivity index (χ3v) is 3.95. The molecule has 0 aromatic heterocycles. The Labute approximate surface area is 128 Å². The van der Waals surface area contributed by atoms with Crippen molar-refractivity contribution in [3.8, 4) is 11.5 Å². The molecule has 2 aromatic carbocycles. The van der Waals surface area contributed by atoms with Gasteiger partial charge in [-0.15, -0.1) is 0 Å². The molecular weight excluding hydrogens is 306 g/mol. The van der Waals surface area contributed by atoms with Crippen molar-refractivity contribution in [2.75, 3.05) is 6.61 Å². The summed E-state index contributed by atoms with van der Waals surface area (Å²) in [6.45, 7) is 2.10. The SMILES string of the molecule is CCOc1cc(/C=N\O)ccc1OS(=O)(=O)c1ccccc1. The molecule has 0 bridgehead atoms. The largest absolute Gasteiger partial charge is 0.490 e. The lowest BCUT2D eigenvalue weighted by Gasteiger charge is -2.12. The molecule has 0 heterocycles. The summed E-state index contributed by atoms with van der Waals surface area (Å²) in [4.78, 5) is 0.0541. The van der Waals surface area contributed by atoms with Crippen LogP contribution in [0.2, 0.25) is 0 Å². The van der Waals surface area contributed by atoms with Crippen LogP contribution < -0.4 is 8.92 Å². The van der Waals surface area contributed by atoms with Gasteiger partial charge in [0.25, 0.3) is 0 Å². The molecule has 22 heavy (non-hydrogen) atoms. The van der Waals surface area contributed by atoms with E-state index in [1.165, 1.54) is 30.5 Å². The Bertz CT molecular complexity index is 757. The minimum absolute atomic E-state index is 0.0541. The maximum absolute atomic E-state index is 12.2. The van der Waals surface area contributed by atoms with E-state index < -0.39 is 10.1 Å². The molecule has 0 fully saturated rings. The lowest BCUT2D eigenvalue weighted by molar-refractivity contribution is 0.321. The first-order valence-electron chi connectivity index (χ1n) is 6.50. The molecule has 0 amide bonds. The topological polar surface area (TPSA) is 85.2 Å². The Morgan fingerprint density at radius 1 is 1.14 bits per heavy atom. The molecule has 0 aliphatic rings. The van der Waals surface area contributed by atoms with Gasteiger partial charge in [-0.05, 0) is 37.3 Å². The van der Waals surface area contributed by atoms with Gasteiger partial charge in [0.15, 0.2) is 11.5 Å². The summed E-state index contributed by atoms with van der Waals surface area (Å²) >= 11 is 0. The highest BCUT2D eigenvalue weighted by molar-refractivity contribution is 7.87. The Morgan fingerprint density at radius 3 is 2.50 bits per heavy atom. The fourth-order valence-corrected chi connectivity index (χ4v) is 2.72. The molecule has 7 heteroatoms. The van der Waals surface area contributed by atoms with Crippen molar-refractivity contribution in [1.29, 1.82) is 0 Å². The summed E-state index contributed by atoms with van der Waals surface area (Å²) < 4.78 is 35.0. The molecule has 2 rings (SSSR count). The van der Waals surface area contributed by atoms with E-state index in [1.54, 1.807) is 31.2 Å². The van der Waals surface area contributed by atoms with E-state index in [0.717, 1.165) is 0 Å². The predicted molar refractivity (Wildman–Crippen MR) is 81.2 cm³/mol. The molecule has 0 radical (unpaired) electrons. The van der Waals surface area contributed by atoms with Crippen molar-refractivity contribution in [3.05, 3.63) is 54.1 Å². The second-order valence-corrected chi connectivity index (χ2v) is 5.78. The van der Waals surface area contributed by atoms with Gasteiger partial charge in [0, 0.05) is 5.56 Å². The van der Waals surface area contributed by atoms with Crippen LogP contribution >= 0.6 is 0 Å². The van der Waals surface area contributed by atoms with E-state index in [2.05, 4.69) is 5.16 Å². The van der Waals surface area contributed by atoms with Gasteiger partial charge >= 0.3 is 10.1 Å². The molecule has 0 spiro atoms. The van der Waals surface area contributed by atoms with E-state index in [9.17, 15) is 8.42 Å². The number of nitrogens with zero attached hydrogens (tertiary/aromatic N) is 1. The summed E-state index contributed by atoms with van der Waals surface area (Å²) in [5.74, 6) is 0.320. The third-order valence-electron chi connectivity index (χ3n) is 2.71. The third kappa shape index (κ3) is 3.76. The molecule has 0 saturated carbocycles. The molecular formula is C15H15NO5S. The van der Waals surface area contributed by atoms with Crippen molar-refractivity contribution >= 4 is 16.3 Å². The minimum atomic E-state index is -3.94. The number of ether oxygens (including phenoxy) is 1. The van der Waals surface area contributed by atoms with E-state index in [4.69, 9.17) is 14.1 Å². The van der Waals surface area contributed by atoms with Crippen LogP contribution in [0.4, 0.5) is 0 Å². The van der Waals surface area contributed by atoms with Gasteiger partial charge in [0.2, 0.25) is 0 Å². The van der Waals surface area contributed by atoms with Crippen LogP contribution in [0.25, 0.3) is 0 Å². The van der Waals surface area contributed by atoms with Gasteiger partial charge in [0.05, 0.1) is 12.8 Å². The van der Waals surface area contributed by atoms with Gasteiger partial charge in [0.1, 0.15) is 4.90 Å². The van der Waals surface area contributed by atoms with Gasteiger partial charge in [-0.2, -0.15) is 8.42 Å². The highest BCUT2D eigenvalue weighted by Gasteiger charge is 2.19. The molecule has 0 saturated heterocycles. The molecule has 116 valence electrons. The van der Waals surface area contributed by atoms with E-state index >= 15 is 0 Å². The smallest absolute Gasteiger partial charge is 0.339 e. The van der Waals surface area contributed by atoms with E-state index in [1.807, 2.05) is 0 Å². The van der Waals surface area contributed by atoms with Crippen molar-refractivity contribution in [3.63, 3.8) is 0 Å². The van der Waals surface area contributed by atoms with Crippen molar-refractivity contribution in [2.45, 2.75) is 11.8 Å². The predicted octanol–water partition coefficient (Wildman–Crippen LogP) is 2.66. The fraction of sp³-hybridized carbons (Fsp3) is 0.133. The lowest BCUT2D eigenvalue weighted by Crippen LogP contribution is -2.10. The van der Waals surface area contributed by atoms with E-state index in [0.29, 0.717) is 12.2 Å².